The monoisotopic (exact) mass is 676 g/mol. The maximum atomic E-state index is 13.9. The fraction of sp³-hybridized carbons (Fsp3) is 0.842. The zero-order valence-corrected chi connectivity index (χ0v) is 33.9. The van der Waals surface area contributed by atoms with Crippen LogP contribution >= 0.6 is 0 Å². The Balaban J connectivity index is 2.02. The molecule has 0 bridgehead atoms. The quantitative estimate of drug-likeness (QED) is 0.143. The number of hydrogen-bond acceptors (Lipinski definition) is 6. The molecule has 8 atom stereocenters. The van der Waals surface area contributed by atoms with Crippen LogP contribution in [0, 0.1) is 40.4 Å². The van der Waals surface area contributed by atoms with Crippen LogP contribution in [0.3, 0.4) is 0 Å². The second-order valence-electron chi connectivity index (χ2n) is 17.3. The molecule has 0 amide bonds. The van der Waals surface area contributed by atoms with E-state index in [2.05, 4.69) is 107 Å². The third-order valence-corrected chi connectivity index (χ3v) is 12.5. The molecule has 0 aromatic heterocycles. The molecule has 0 saturated carbocycles. The normalized spacial score (nSPS) is 32.0. The molecule has 264 valence electrons. The number of carbonyl (C=O) groups is 2. The first kappa shape index (κ1) is 39.2. The molecule has 0 N–H and O–H groups in total. The van der Waals surface area contributed by atoms with Gasteiger partial charge in [-0.3, -0.25) is 4.79 Å². The number of cyclic esters (lactones) is 1. The summed E-state index contributed by atoms with van der Waals surface area (Å²) in [7, 11) is -2.98. The number of carbonyl (C=O) groups excluding carboxylic acids is 2. The Bertz CT molecular complexity index is 1080. The van der Waals surface area contributed by atoms with Gasteiger partial charge in [0.25, 0.3) is 0 Å². The largest absolute Gasteiger partial charge is 0.461 e. The molecule has 1 fully saturated rings. The maximum Gasteiger partial charge on any atom is 0.334 e. The molecular formula is C38H68O6Si2. The molecule has 3 aliphatic rings. The molecule has 0 aromatic rings. The van der Waals surface area contributed by atoms with Crippen LogP contribution in [0.25, 0.3) is 0 Å². The molecule has 8 heteroatoms. The van der Waals surface area contributed by atoms with E-state index in [1.807, 2.05) is 0 Å². The van der Waals surface area contributed by atoms with Crippen molar-refractivity contribution in [2.75, 3.05) is 0 Å². The van der Waals surface area contributed by atoms with Crippen molar-refractivity contribution in [1.82, 2.24) is 0 Å². The van der Waals surface area contributed by atoms with Crippen molar-refractivity contribution >= 4 is 30.0 Å². The summed E-state index contributed by atoms with van der Waals surface area (Å²) in [5.74, 6) is 0.118. The standard InChI is InChI=1S/C38H68O6Si2/c1-14-16-26(17-15-2)34(39)42-31-23-28(36(4,5)6)22-27-19-18-25(3)38(32(27)31,44-46(12)13)21-20-29-24-30(37(7,8)9)33(35(40)41-29)43-45(10)11/h18-19,22,25-26,28-33,45-46H,14-17,20-21,23-24H2,1-13H3/t25-,28+,29+,30-,31-,32+,33?,38-/m0/s1. The summed E-state index contributed by atoms with van der Waals surface area (Å²) < 4.78 is 26.4. The minimum atomic E-state index is -1.55. The van der Waals surface area contributed by atoms with E-state index in [0.717, 1.165) is 44.9 Å². The summed E-state index contributed by atoms with van der Waals surface area (Å²) in [5.41, 5.74) is 0.654. The van der Waals surface area contributed by atoms with Gasteiger partial charge in [0.2, 0.25) is 0 Å². The number of ether oxygens (including phenoxy) is 2. The lowest BCUT2D eigenvalue weighted by molar-refractivity contribution is -0.179. The highest BCUT2D eigenvalue weighted by atomic mass is 28.3. The zero-order valence-electron chi connectivity index (χ0n) is 31.6. The van der Waals surface area contributed by atoms with Crippen molar-refractivity contribution in [2.45, 2.75) is 164 Å². The van der Waals surface area contributed by atoms with Crippen LogP contribution in [0.4, 0.5) is 0 Å². The van der Waals surface area contributed by atoms with Gasteiger partial charge in [-0.2, -0.15) is 0 Å². The lowest BCUT2D eigenvalue weighted by atomic mass is 9.59. The number of fused-ring (bicyclic) bond motifs is 1. The molecule has 0 spiro atoms. The second kappa shape index (κ2) is 16.0. The highest BCUT2D eigenvalue weighted by Gasteiger charge is 2.55. The summed E-state index contributed by atoms with van der Waals surface area (Å²) in [6, 6.07) is 0. The lowest BCUT2D eigenvalue weighted by Gasteiger charge is -2.54. The van der Waals surface area contributed by atoms with Gasteiger partial charge in [0.1, 0.15) is 18.3 Å². The Kier molecular flexibility index (Phi) is 13.6. The fourth-order valence-corrected chi connectivity index (χ4v) is 10.5. The van der Waals surface area contributed by atoms with Gasteiger partial charge < -0.3 is 18.3 Å². The van der Waals surface area contributed by atoms with Crippen LogP contribution < -0.4 is 0 Å². The van der Waals surface area contributed by atoms with E-state index < -0.39 is 29.8 Å². The molecule has 0 radical (unpaired) electrons. The summed E-state index contributed by atoms with van der Waals surface area (Å²) in [6.45, 7) is 28.8. The smallest absolute Gasteiger partial charge is 0.334 e. The minimum absolute atomic E-state index is 0.0395. The van der Waals surface area contributed by atoms with Gasteiger partial charge in [-0.15, -0.1) is 0 Å². The Morgan fingerprint density at radius 3 is 2.15 bits per heavy atom. The second-order valence-corrected chi connectivity index (χ2v) is 22.0. The summed E-state index contributed by atoms with van der Waals surface area (Å²) >= 11 is 0. The first-order valence-corrected chi connectivity index (χ1v) is 24.0. The van der Waals surface area contributed by atoms with Crippen molar-refractivity contribution in [3.8, 4) is 0 Å². The molecule has 46 heavy (non-hydrogen) atoms. The van der Waals surface area contributed by atoms with Crippen LogP contribution in [0.15, 0.2) is 23.8 Å². The first-order valence-electron chi connectivity index (χ1n) is 18.5. The average Bonchev–Trinajstić information content (AvgIpc) is 2.93. The van der Waals surface area contributed by atoms with E-state index in [1.165, 1.54) is 5.57 Å². The Hall–Kier alpha value is -1.23. The predicted octanol–water partition coefficient (Wildman–Crippen LogP) is 8.79. The van der Waals surface area contributed by atoms with Gasteiger partial charge >= 0.3 is 11.9 Å². The van der Waals surface area contributed by atoms with Crippen LogP contribution in [0.1, 0.15) is 114 Å². The van der Waals surface area contributed by atoms with Gasteiger partial charge in [-0.05, 0) is 87.0 Å². The van der Waals surface area contributed by atoms with Crippen molar-refractivity contribution in [3.63, 3.8) is 0 Å². The zero-order chi connectivity index (χ0) is 34.6. The minimum Gasteiger partial charge on any atom is -0.461 e. The summed E-state index contributed by atoms with van der Waals surface area (Å²) in [5, 5.41) is 0. The van der Waals surface area contributed by atoms with Crippen molar-refractivity contribution in [2.24, 2.45) is 40.4 Å². The van der Waals surface area contributed by atoms with Gasteiger partial charge in [-0.25, -0.2) is 4.79 Å². The van der Waals surface area contributed by atoms with E-state index in [-0.39, 0.29) is 64.6 Å². The molecule has 1 heterocycles. The molecule has 1 aliphatic heterocycles. The Morgan fingerprint density at radius 2 is 1.63 bits per heavy atom. The van der Waals surface area contributed by atoms with Crippen LogP contribution in [-0.2, 0) is 27.9 Å². The van der Waals surface area contributed by atoms with E-state index in [0.29, 0.717) is 6.42 Å². The molecule has 3 rings (SSSR count). The fourth-order valence-electron chi connectivity index (χ4n) is 8.23. The van der Waals surface area contributed by atoms with Crippen molar-refractivity contribution in [3.05, 3.63) is 23.8 Å². The molecule has 0 aromatic carbocycles. The van der Waals surface area contributed by atoms with Crippen molar-refractivity contribution in [1.29, 1.82) is 0 Å². The van der Waals surface area contributed by atoms with E-state index in [9.17, 15) is 9.59 Å². The van der Waals surface area contributed by atoms with Gasteiger partial charge in [0, 0.05) is 17.8 Å². The number of rotatable bonds is 13. The predicted molar refractivity (Wildman–Crippen MR) is 194 cm³/mol. The molecule has 1 unspecified atom stereocenters. The van der Waals surface area contributed by atoms with E-state index in [4.69, 9.17) is 18.3 Å². The van der Waals surface area contributed by atoms with Crippen LogP contribution in [0.5, 0.6) is 0 Å². The molecule has 6 nitrogen and oxygen atoms in total. The van der Waals surface area contributed by atoms with Gasteiger partial charge in [0.15, 0.2) is 18.1 Å². The van der Waals surface area contributed by atoms with Crippen LogP contribution in [-0.4, -0.2) is 53.9 Å². The summed E-state index contributed by atoms with van der Waals surface area (Å²) in [6.07, 6.45) is 12.8. The highest BCUT2D eigenvalue weighted by Crippen LogP contribution is 2.53. The van der Waals surface area contributed by atoms with Gasteiger partial charge in [-0.1, -0.05) is 93.4 Å². The van der Waals surface area contributed by atoms with Crippen LogP contribution in [0.2, 0.25) is 26.2 Å². The summed E-state index contributed by atoms with van der Waals surface area (Å²) in [4.78, 5) is 27.3. The number of allylic oxidation sites excluding steroid dienone is 2. The molecular weight excluding hydrogens is 609 g/mol. The third-order valence-electron chi connectivity index (χ3n) is 10.7. The van der Waals surface area contributed by atoms with Crippen molar-refractivity contribution < 1.29 is 27.9 Å². The lowest BCUT2D eigenvalue weighted by Crippen LogP contribution is -2.58. The molecule has 2 aliphatic carbocycles. The number of hydrogen-bond donors (Lipinski definition) is 0. The van der Waals surface area contributed by atoms with E-state index in [1.54, 1.807) is 0 Å². The highest BCUT2D eigenvalue weighted by molar-refractivity contribution is 6.48. The SMILES string of the molecule is CCCC(CCC)C(=O)O[C@H]1C[C@H](C(C)(C)C)C=C2C=C[C@H](C)[C@](CC[C@@H]3C[C@H](C(C)(C)C)C(O[SiH](C)C)C(=O)O3)(O[SiH](C)C)[C@H]21. The average molecular weight is 677 g/mol. The van der Waals surface area contributed by atoms with E-state index >= 15 is 0 Å². The number of esters is 2. The topological polar surface area (TPSA) is 71.1 Å². The Morgan fingerprint density at radius 1 is 1.00 bits per heavy atom. The molecule has 1 saturated heterocycles. The first-order chi connectivity index (χ1) is 21.3. The van der Waals surface area contributed by atoms with Gasteiger partial charge in [0.05, 0.1) is 11.5 Å². The third kappa shape index (κ3) is 9.47. The maximum absolute atomic E-state index is 13.9. The Labute approximate surface area is 285 Å².